The molecule has 0 aliphatic carbocycles. The zero-order chi connectivity index (χ0) is 18.7. The fraction of sp³-hybridized carbons (Fsp3) is 0.250. The standard InChI is InChI=1S/C16H16ClN5O4/c17-10-1-3-11(4-2-10)21-5-7-22(8-6-21)15(25)14(24)19-12-9-18-16(26)20-13(12)23/h1-4,9H,5-8H2,(H,19,24)(H2,18,20,23,26). The SMILES string of the molecule is O=C(Nc1c[nH]c(=O)[nH]c1=O)C(=O)N1CCN(c2ccc(Cl)cc2)CC1. The van der Waals surface area contributed by atoms with E-state index in [4.69, 9.17) is 11.6 Å². The lowest BCUT2D eigenvalue weighted by molar-refractivity contribution is -0.143. The van der Waals surface area contributed by atoms with Crippen molar-refractivity contribution in [1.82, 2.24) is 14.9 Å². The summed E-state index contributed by atoms with van der Waals surface area (Å²) in [5.41, 5.74) is -0.673. The Kier molecular flexibility index (Phi) is 5.08. The molecule has 26 heavy (non-hydrogen) atoms. The van der Waals surface area contributed by atoms with E-state index in [9.17, 15) is 19.2 Å². The van der Waals surface area contributed by atoms with Crippen LogP contribution in [0.1, 0.15) is 0 Å². The van der Waals surface area contributed by atoms with E-state index in [1.54, 1.807) is 12.1 Å². The van der Waals surface area contributed by atoms with Crippen LogP contribution in [0.2, 0.25) is 5.02 Å². The molecule has 10 heteroatoms. The Hall–Kier alpha value is -3.07. The van der Waals surface area contributed by atoms with Crippen LogP contribution in [-0.4, -0.2) is 52.9 Å². The minimum absolute atomic E-state index is 0.192. The number of carbonyl (C=O) groups is 2. The van der Waals surface area contributed by atoms with Gasteiger partial charge in [-0.3, -0.25) is 19.4 Å². The number of aromatic amines is 2. The Morgan fingerprint density at radius 2 is 1.69 bits per heavy atom. The number of carbonyl (C=O) groups excluding carboxylic acids is 2. The third kappa shape index (κ3) is 3.94. The monoisotopic (exact) mass is 377 g/mol. The minimum Gasteiger partial charge on any atom is -0.368 e. The van der Waals surface area contributed by atoms with Crippen molar-refractivity contribution in [1.29, 1.82) is 0 Å². The van der Waals surface area contributed by atoms with Crippen molar-refractivity contribution >= 4 is 34.8 Å². The van der Waals surface area contributed by atoms with E-state index in [1.807, 2.05) is 17.1 Å². The van der Waals surface area contributed by atoms with Crippen LogP contribution >= 0.6 is 11.6 Å². The molecule has 2 aromatic rings. The smallest absolute Gasteiger partial charge is 0.325 e. The summed E-state index contributed by atoms with van der Waals surface area (Å²) in [5, 5.41) is 2.86. The average molecular weight is 378 g/mol. The summed E-state index contributed by atoms with van der Waals surface area (Å²) in [6, 6.07) is 7.39. The first-order chi connectivity index (χ1) is 12.4. The predicted octanol–water partition coefficient (Wildman–Crippen LogP) is 0.00390. The van der Waals surface area contributed by atoms with E-state index in [0.29, 0.717) is 31.2 Å². The number of nitrogens with one attached hydrogen (secondary N) is 3. The van der Waals surface area contributed by atoms with Crippen LogP contribution in [0.3, 0.4) is 0 Å². The van der Waals surface area contributed by atoms with Crippen molar-refractivity contribution in [3.63, 3.8) is 0 Å². The summed E-state index contributed by atoms with van der Waals surface area (Å²) in [7, 11) is 0. The van der Waals surface area contributed by atoms with Gasteiger partial charge in [0.2, 0.25) is 0 Å². The molecule has 2 heterocycles. The first-order valence-corrected chi connectivity index (χ1v) is 8.24. The molecule has 136 valence electrons. The van der Waals surface area contributed by atoms with Gasteiger partial charge in [-0.15, -0.1) is 0 Å². The molecule has 0 atom stereocenters. The van der Waals surface area contributed by atoms with Crippen molar-refractivity contribution in [2.45, 2.75) is 0 Å². The fourth-order valence-corrected chi connectivity index (χ4v) is 2.77. The molecule has 3 N–H and O–H groups in total. The van der Waals surface area contributed by atoms with Gasteiger partial charge in [0.15, 0.2) is 0 Å². The largest absolute Gasteiger partial charge is 0.368 e. The fourth-order valence-electron chi connectivity index (χ4n) is 2.64. The Balaban J connectivity index is 1.59. The lowest BCUT2D eigenvalue weighted by atomic mass is 10.2. The lowest BCUT2D eigenvalue weighted by Gasteiger charge is -2.35. The number of benzene rings is 1. The zero-order valence-electron chi connectivity index (χ0n) is 13.6. The minimum atomic E-state index is -0.928. The summed E-state index contributed by atoms with van der Waals surface area (Å²) < 4.78 is 0. The molecule has 3 rings (SSSR count). The van der Waals surface area contributed by atoms with Crippen molar-refractivity contribution in [2.24, 2.45) is 0 Å². The molecule has 0 unspecified atom stereocenters. The second kappa shape index (κ2) is 7.44. The molecule has 9 nitrogen and oxygen atoms in total. The normalized spacial score (nSPS) is 14.2. The van der Waals surface area contributed by atoms with Gasteiger partial charge in [-0.05, 0) is 24.3 Å². The quantitative estimate of drug-likeness (QED) is 0.637. The van der Waals surface area contributed by atoms with Crippen molar-refractivity contribution in [2.75, 3.05) is 36.4 Å². The van der Waals surface area contributed by atoms with E-state index in [-0.39, 0.29) is 5.69 Å². The molecule has 0 saturated carbocycles. The van der Waals surface area contributed by atoms with Crippen LogP contribution < -0.4 is 21.5 Å². The summed E-state index contributed by atoms with van der Waals surface area (Å²) >= 11 is 5.88. The molecule has 1 fully saturated rings. The third-order valence-electron chi connectivity index (χ3n) is 4.02. The molecule has 1 aliphatic heterocycles. The number of rotatable bonds is 2. The van der Waals surface area contributed by atoms with Gasteiger partial charge in [0.05, 0.1) is 0 Å². The van der Waals surface area contributed by atoms with Gasteiger partial charge in [-0.25, -0.2) is 4.79 Å². The maximum Gasteiger partial charge on any atom is 0.325 e. The lowest BCUT2D eigenvalue weighted by Crippen LogP contribution is -2.51. The molecule has 1 saturated heterocycles. The van der Waals surface area contributed by atoms with E-state index < -0.39 is 23.1 Å². The highest BCUT2D eigenvalue weighted by Crippen LogP contribution is 2.19. The highest BCUT2D eigenvalue weighted by molar-refractivity contribution is 6.39. The number of anilines is 2. The number of hydrogen-bond acceptors (Lipinski definition) is 5. The summed E-state index contributed by atoms with van der Waals surface area (Å²) in [5.74, 6) is -1.66. The number of piperazine rings is 1. The molecular formula is C16H16ClN5O4. The van der Waals surface area contributed by atoms with Crippen molar-refractivity contribution in [3.05, 3.63) is 56.3 Å². The van der Waals surface area contributed by atoms with Gasteiger partial charge in [0.25, 0.3) is 5.56 Å². The second-order valence-electron chi connectivity index (χ2n) is 5.70. The molecule has 0 bridgehead atoms. The topological polar surface area (TPSA) is 118 Å². The summed E-state index contributed by atoms with van der Waals surface area (Å²) in [6.45, 7) is 1.88. The predicted molar refractivity (Wildman–Crippen MR) is 96.6 cm³/mol. The highest BCUT2D eigenvalue weighted by Gasteiger charge is 2.26. The Morgan fingerprint density at radius 3 is 2.31 bits per heavy atom. The first-order valence-electron chi connectivity index (χ1n) is 7.87. The average Bonchev–Trinajstić information content (AvgIpc) is 2.64. The van der Waals surface area contributed by atoms with Crippen molar-refractivity contribution < 1.29 is 9.59 Å². The maximum absolute atomic E-state index is 12.3. The number of amides is 2. The van der Waals surface area contributed by atoms with E-state index >= 15 is 0 Å². The number of halogens is 1. The first kappa shape index (κ1) is 17.7. The Labute approximate surface area is 152 Å². The van der Waals surface area contributed by atoms with Crippen molar-refractivity contribution in [3.8, 4) is 0 Å². The molecular weight excluding hydrogens is 362 g/mol. The molecule has 0 spiro atoms. The molecule has 0 radical (unpaired) electrons. The molecule has 1 aromatic carbocycles. The van der Waals surface area contributed by atoms with Crippen LogP contribution in [0.5, 0.6) is 0 Å². The number of H-pyrrole nitrogens is 2. The number of hydrogen-bond donors (Lipinski definition) is 3. The Bertz CT molecular complexity index is 929. The van der Waals surface area contributed by atoms with Crippen LogP contribution in [0, 0.1) is 0 Å². The number of nitrogens with zero attached hydrogens (tertiary/aromatic N) is 2. The molecule has 1 aliphatic rings. The zero-order valence-corrected chi connectivity index (χ0v) is 14.4. The molecule has 1 aromatic heterocycles. The van der Waals surface area contributed by atoms with Gasteiger partial charge in [0.1, 0.15) is 5.69 Å². The summed E-state index contributed by atoms with van der Waals surface area (Å²) in [4.78, 5) is 54.6. The van der Waals surface area contributed by atoms with E-state index in [2.05, 4.69) is 15.2 Å². The van der Waals surface area contributed by atoms with Gasteiger partial charge in [0, 0.05) is 43.1 Å². The highest BCUT2D eigenvalue weighted by atomic mass is 35.5. The van der Waals surface area contributed by atoms with E-state index in [0.717, 1.165) is 11.9 Å². The molecule has 2 amide bonds. The number of aromatic nitrogens is 2. The second-order valence-corrected chi connectivity index (χ2v) is 6.13. The summed E-state index contributed by atoms with van der Waals surface area (Å²) in [6.07, 6.45) is 1.05. The maximum atomic E-state index is 12.3. The van der Waals surface area contributed by atoms with Gasteiger partial charge in [-0.2, -0.15) is 0 Å². The van der Waals surface area contributed by atoms with E-state index in [1.165, 1.54) is 4.90 Å². The third-order valence-corrected chi connectivity index (χ3v) is 4.27. The van der Waals surface area contributed by atoms with Gasteiger partial charge in [-0.1, -0.05) is 11.6 Å². The van der Waals surface area contributed by atoms with Crippen LogP contribution in [-0.2, 0) is 9.59 Å². The van der Waals surface area contributed by atoms with Crippen LogP contribution in [0.15, 0.2) is 40.1 Å². The van der Waals surface area contributed by atoms with Gasteiger partial charge >= 0.3 is 17.5 Å². The van der Waals surface area contributed by atoms with Crippen LogP contribution in [0.25, 0.3) is 0 Å². The Morgan fingerprint density at radius 1 is 1.04 bits per heavy atom. The van der Waals surface area contributed by atoms with Crippen LogP contribution in [0.4, 0.5) is 11.4 Å². The van der Waals surface area contributed by atoms with Gasteiger partial charge < -0.3 is 20.1 Å².